The Morgan fingerprint density at radius 1 is 1.19 bits per heavy atom. The smallest absolute Gasteiger partial charge is 0.273 e. The Hall–Kier alpha value is -3.52. The third-order valence-corrected chi connectivity index (χ3v) is 5.42. The second-order valence-corrected chi connectivity index (χ2v) is 7.35. The van der Waals surface area contributed by atoms with E-state index < -0.39 is 6.04 Å². The van der Waals surface area contributed by atoms with Crippen LogP contribution in [-0.2, 0) is 0 Å². The maximum absolute atomic E-state index is 13.1. The lowest BCUT2D eigenvalue weighted by molar-refractivity contribution is 0.0706. The lowest BCUT2D eigenvalue weighted by Crippen LogP contribution is -2.32. The number of fused-ring (bicyclic) bond motifs is 1. The zero-order valence-corrected chi connectivity index (χ0v) is 17.7. The average Bonchev–Trinajstić information content (AvgIpc) is 3.30. The van der Waals surface area contributed by atoms with E-state index in [0.29, 0.717) is 40.6 Å². The van der Waals surface area contributed by atoms with Gasteiger partial charge in [-0.15, -0.1) is 0 Å². The molecule has 3 N–H and O–H groups in total. The third kappa shape index (κ3) is 3.48. The predicted octanol–water partition coefficient (Wildman–Crippen LogP) is 3.04. The second-order valence-electron chi connectivity index (χ2n) is 7.35. The van der Waals surface area contributed by atoms with Gasteiger partial charge in [0.25, 0.3) is 5.91 Å². The van der Waals surface area contributed by atoms with E-state index in [1.807, 2.05) is 38.1 Å². The fraction of sp³-hybridized carbons (Fsp3) is 0.304. The molecule has 2 heterocycles. The summed E-state index contributed by atoms with van der Waals surface area (Å²) < 4.78 is 11.1. The van der Waals surface area contributed by atoms with E-state index in [-0.39, 0.29) is 24.8 Å². The number of nitrogens with zero attached hydrogens (tertiary/aromatic N) is 2. The molecule has 0 saturated heterocycles. The van der Waals surface area contributed by atoms with Gasteiger partial charge in [0.15, 0.2) is 11.5 Å². The van der Waals surface area contributed by atoms with Gasteiger partial charge in [-0.3, -0.25) is 9.89 Å². The topological polar surface area (TPSA) is 108 Å². The van der Waals surface area contributed by atoms with Crippen molar-refractivity contribution in [2.45, 2.75) is 19.9 Å². The molecule has 0 spiro atoms. The number of aliphatic hydroxyl groups excluding tert-OH is 1. The first-order valence-corrected chi connectivity index (χ1v) is 10.1. The van der Waals surface area contributed by atoms with Crippen LogP contribution in [0.1, 0.15) is 40.1 Å². The first kappa shape index (κ1) is 20.7. The standard InChI is InChI=1S/C23H25N3O5/c1-4-31-17-8-6-14(12-18(17)30-3)22-19-20(15-11-13(2)5-7-16(15)28)24-25-21(19)23(29)26(22)9-10-27/h5-8,11-12,22,27-28H,4,9-10H2,1-3H3,(H,24,25)/t22-/m0/s1. The molecule has 8 heteroatoms. The SMILES string of the molecule is CCOc1ccc([C@H]2c3c(-c4cc(C)ccc4O)n[nH]c3C(=O)N2CCO)cc1OC. The molecular formula is C23H25N3O5. The molecule has 0 fully saturated rings. The van der Waals surface area contributed by atoms with E-state index in [1.165, 1.54) is 0 Å². The number of phenolic OH excluding ortho intramolecular Hbond substituents is 1. The lowest BCUT2D eigenvalue weighted by Gasteiger charge is -2.26. The first-order chi connectivity index (χ1) is 15.0. The van der Waals surface area contributed by atoms with Gasteiger partial charge < -0.3 is 24.6 Å². The van der Waals surface area contributed by atoms with Crippen LogP contribution in [0.4, 0.5) is 0 Å². The molecule has 0 bridgehead atoms. The summed E-state index contributed by atoms with van der Waals surface area (Å²) in [6.45, 7) is 4.29. The third-order valence-electron chi connectivity index (χ3n) is 5.42. The fourth-order valence-electron chi connectivity index (χ4n) is 4.06. The average molecular weight is 423 g/mol. The van der Waals surface area contributed by atoms with Crippen LogP contribution in [0.3, 0.4) is 0 Å². The molecule has 3 aromatic rings. The van der Waals surface area contributed by atoms with Crippen molar-refractivity contribution in [2.24, 2.45) is 0 Å². The second kappa shape index (κ2) is 8.31. The van der Waals surface area contributed by atoms with Gasteiger partial charge in [-0.1, -0.05) is 17.7 Å². The van der Waals surface area contributed by atoms with Crippen molar-refractivity contribution in [1.29, 1.82) is 0 Å². The molecule has 0 unspecified atom stereocenters. The van der Waals surface area contributed by atoms with E-state index in [4.69, 9.17) is 9.47 Å². The van der Waals surface area contributed by atoms with Gasteiger partial charge >= 0.3 is 0 Å². The molecule has 1 aliphatic heterocycles. The molecule has 1 atom stereocenters. The molecule has 0 radical (unpaired) electrons. The van der Waals surface area contributed by atoms with Crippen molar-refractivity contribution in [2.75, 3.05) is 26.9 Å². The van der Waals surface area contributed by atoms with Gasteiger partial charge in [0, 0.05) is 17.7 Å². The zero-order valence-electron chi connectivity index (χ0n) is 17.7. The fourth-order valence-corrected chi connectivity index (χ4v) is 4.06. The van der Waals surface area contributed by atoms with Crippen LogP contribution in [0.5, 0.6) is 17.2 Å². The van der Waals surface area contributed by atoms with Gasteiger partial charge in [0.05, 0.1) is 26.4 Å². The molecule has 162 valence electrons. The minimum Gasteiger partial charge on any atom is -0.507 e. The van der Waals surface area contributed by atoms with Crippen molar-refractivity contribution in [1.82, 2.24) is 15.1 Å². The Morgan fingerprint density at radius 2 is 2.00 bits per heavy atom. The zero-order chi connectivity index (χ0) is 22.1. The quantitative estimate of drug-likeness (QED) is 0.539. The minimum absolute atomic E-state index is 0.0796. The number of methoxy groups -OCH3 is 1. The van der Waals surface area contributed by atoms with Crippen molar-refractivity contribution in [3.05, 3.63) is 58.8 Å². The minimum atomic E-state index is -0.507. The summed E-state index contributed by atoms with van der Waals surface area (Å²) in [7, 11) is 1.56. The van der Waals surface area contributed by atoms with E-state index in [0.717, 1.165) is 11.1 Å². The predicted molar refractivity (Wildman–Crippen MR) is 115 cm³/mol. The molecule has 8 nitrogen and oxygen atoms in total. The highest BCUT2D eigenvalue weighted by Crippen LogP contribution is 2.45. The number of carbonyl (C=O) groups is 1. The number of ether oxygens (including phenoxy) is 2. The van der Waals surface area contributed by atoms with Crippen molar-refractivity contribution < 1.29 is 24.5 Å². The summed E-state index contributed by atoms with van der Waals surface area (Å²) in [6.07, 6.45) is 0. The van der Waals surface area contributed by atoms with Crippen LogP contribution < -0.4 is 9.47 Å². The Morgan fingerprint density at radius 3 is 2.71 bits per heavy atom. The molecule has 1 aromatic heterocycles. The Balaban J connectivity index is 1.90. The van der Waals surface area contributed by atoms with Gasteiger partial charge in [0.2, 0.25) is 0 Å². The van der Waals surface area contributed by atoms with Crippen molar-refractivity contribution in [3.63, 3.8) is 0 Å². The Kier molecular flexibility index (Phi) is 5.56. The van der Waals surface area contributed by atoms with Gasteiger partial charge in [-0.05, 0) is 43.7 Å². The molecule has 31 heavy (non-hydrogen) atoms. The number of rotatable bonds is 7. The van der Waals surface area contributed by atoms with E-state index in [2.05, 4.69) is 10.2 Å². The van der Waals surface area contributed by atoms with E-state index >= 15 is 0 Å². The Labute approximate surface area is 180 Å². The normalized spacial score (nSPS) is 15.3. The largest absolute Gasteiger partial charge is 0.507 e. The number of β-amino-alcohol motifs (C(OH)–C–C–N with tert-alkyl or cyclic N) is 1. The Bertz CT molecular complexity index is 1120. The number of nitrogens with one attached hydrogen (secondary N) is 1. The molecule has 0 saturated carbocycles. The highest BCUT2D eigenvalue weighted by molar-refractivity contribution is 6.00. The molecular weight excluding hydrogens is 398 g/mol. The summed E-state index contributed by atoms with van der Waals surface area (Å²) in [5, 5.41) is 27.3. The number of aliphatic hydroxyl groups is 1. The number of aromatic hydroxyl groups is 1. The van der Waals surface area contributed by atoms with Crippen LogP contribution >= 0.6 is 0 Å². The summed E-state index contributed by atoms with van der Waals surface area (Å²) >= 11 is 0. The van der Waals surface area contributed by atoms with Gasteiger partial charge in [0.1, 0.15) is 17.1 Å². The molecule has 4 rings (SSSR count). The van der Waals surface area contributed by atoms with Crippen LogP contribution in [-0.4, -0.2) is 58.1 Å². The van der Waals surface area contributed by atoms with Crippen LogP contribution in [0, 0.1) is 6.92 Å². The van der Waals surface area contributed by atoms with Crippen LogP contribution in [0.25, 0.3) is 11.3 Å². The van der Waals surface area contributed by atoms with Crippen molar-refractivity contribution in [3.8, 4) is 28.5 Å². The molecule has 2 aromatic carbocycles. The van der Waals surface area contributed by atoms with Crippen molar-refractivity contribution >= 4 is 5.91 Å². The summed E-state index contributed by atoms with van der Waals surface area (Å²) in [4.78, 5) is 14.7. The monoisotopic (exact) mass is 423 g/mol. The highest BCUT2D eigenvalue weighted by atomic mass is 16.5. The summed E-state index contributed by atoms with van der Waals surface area (Å²) in [6, 6.07) is 10.3. The van der Waals surface area contributed by atoms with Crippen LogP contribution in [0.15, 0.2) is 36.4 Å². The number of aromatic amines is 1. The number of H-pyrrole nitrogens is 1. The number of carbonyl (C=O) groups excluding carboxylic acids is 1. The van der Waals surface area contributed by atoms with E-state index in [1.54, 1.807) is 24.1 Å². The summed E-state index contributed by atoms with van der Waals surface area (Å²) in [5.41, 5.74) is 3.80. The number of aromatic nitrogens is 2. The molecule has 1 aliphatic rings. The maximum atomic E-state index is 13.1. The number of amides is 1. The number of benzene rings is 2. The number of hydrogen-bond acceptors (Lipinski definition) is 6. The number of hydrogen-bond donors (Lipinski definition) is 3. The van der Waals surface area contributed by atoms with Gasteiger partial charge in [-0.25, -0.2) is 0 Å². The first-order valence-electron chi connectivity index (χ1n) is 10.1. The molecule has 0 aliphatic carbocycles. The van der Waals surface area contributed by atoms with E-state index in [9.17, 15) is 15.0 Å². The van der Waals surface area contributed by atoms with Gasteiger partial charge in [-0.2, -0.15) is 5.10 Å². The van der Waals surface area contributed by atoms with Crippen LogP contribution in [0.2, 0.25) is 0 Å². The number of aryl methyl sites for hydroxylation is 1. The maximum Gasteiger partial charge on any atom is 0.273 e. The summed E-state index contributed by atoms with van der Waals surface area (Å²) in [5.74, 6) is 0.979. The number of phenols is 1. The lowest BCUT2D eigenvalue weighted by atomic mass is 9.95. The highest BCUT2D eigenvalue weighted by Gasteiger charge is 2.42. The molecule has 1 amide bonds.